The minimum absolute atomic E-state index is 0.116. The molecule has 0 aromatic heterocycles. The van der Waals surface area contributed by atoms with Crippen molar-refractivity contribution in [1.29, 1.82) is 0 Å². The fourth-order valence-electron chi connectivity index (χ4n) is 2.60. The van der Waals surface area contributed by atoms with Gasteiger partial charge in [0.05, 0.1) is 18.0 Å². The lowest BCUT2D eigenvalue weighted by Crippen LogP contribution is -2.12. The molecule has 0 unspecified atom stereocenters. The smallest absolute Gasteiger partial charge is 0.305 e. The summed E-state index contributed by atoms with van der Waals surface area (Å²) >= 11 is 3.48. The van der Waals surface area contributed by atoms with Crippen molar-refractivity contribution in [3.05, 3.63) is 52.5 Å². The Morgan fingerprint density at radius 3 is 2.96 bits per heavy atom. The van der Waals surface area contributed by atoms with Gasteiger partial charge < -0.3 is 9.47 Å². The van der Waals surface area contributed by atoms with Gasteiger partial charge in [-0.1, -0.05) is 12.1 Å². The standard InChI is InChI=1S/C19H21BrO4/c1-3-5-14-11-15(12-17(14)21)24-18-10-13(8-9-16(18)20)6-4-7-19(22)23-2/h3,8-11,15H,1,4-7,12H2,2H3/t15-/m1/s1. The maximum Gasteiger partial charge on any atom is 0.305 e. The Hall–Kier alpha value is -1.88. The van der Waals surface area contributed by atoms with Gasteiger partial charge in [-0.05, 0) is 64.5 Å². The van der Waals surface area contributed by atoms with E-state index < -0.39 is 0 Å². The van der Waals surface area contributed by atoms with Gasteiger partial charge in [-0.3, -0.25) is 9.59 Å². The van der Waals surface area contributed by atoms with Crippen molar-refractivity contribution in [1.82, 2.24) is 0 Å². The predicted molar refractivity (Wildman–Crippen MR) is 96.0 cm³/mol. The molecule has 0 saturated heterocycles. The molecule has 5 heteroatoms. The highest BCUT2D eigenvalue weighted by molar-refractivity contribution is 9.10. The summed E-state index contributed by atoms with van der Waals surface area (Å²) in [5.41, 5.74) is 1.84. The monoisotopic (exact) mass is 392 g/mol. The quantitative estimate of drug-likeness (QED) is 0.492. The Morgan fingerprint density at radius 1 is 1.46 bits per heavy atom. The van der Waals surface area contributed by atoms with Gasteiger partial charge in [0.1, 0.15) is 11.9 Å². The lowest BCUT2D eigenvalue weighted by molar-refractivity contribution is -0.140. The number of benzene rings is 1. The van der Waals surface area contributed by atoms with Gasteiger partial charge in [-0.15, -0.1) is 6.58 Å². The summed E-state index contributed by atoms with van der Waals surface area (Å²) in [5.74, 6) is 0.623. The Labute approximate surface area is 150 Å². The molecule has 0 heterocycles. The van der Waals surface area contributed by atoms with Crippen LogP contribution in [0.5, 0.6) is 5.75 Å². The van der Waals surface area contributed by atoms with Crippen molar-refractivity contribution in [3.63, 3.8) is 0 Å². The fourth-order valence-corrected chi connectivity index (χ4v) is 2.94. The van der Waals surface area contributed by atoms with Crippen molar-refractivity contribution < 1.29 is 19.1 Å². The number of Topliss-reactive ketones (excluding diaryl/α,β-unsaturated/α-hetero) is 1. The third-order valence-corrected chi connectivity index (χ3v) is 4.50. The molecule has 1 aromatic rings. The first kappa shape index (κ1) is 18.5. The van der Waals surface area contributed by atoms with Crippen LogP contribution >= 0.6 is 15.9 Å². The highest BCUT2D eigenvalue weighted by Crippen LogP contribution is 2.30. The summed E-state index contributed by atoms with van der Waals surface area (Å²) in [4.78, 5) is 23.1. The number of carbonyl (C=O) groups is 2. The molecule has 0 bridgehead atoms. The SMILES string of the molecule is C=CCC1=C[C@@H](Oc2cc(CCCC(=O)OC)ccc2Br)CC1=O. The number of hydrogen-bond acceptors (Lipinski definition) is 4. The van der Waals surface area contributed by atoms with E-state index in [-0.39, 0.29) is 17.9 Å². The van der Waals surface area contributed by atoms with Gasteiger partial charge >= 0.3 is 5.97 Å². The maximum atomic E-state index is 11.9. The highest BCUT2D eigenvalue weighted by atomic mass is 79.9. The summed E-state index contributed by atoms with van der Waals surface area (Å²) in [6.45, 7) is 3.67. The predicted octanol–water partition coefficient (Wildman–Crippen LogP) is 4.17. The Balaban J connectivity index is 2.00. The Bertz CT molecular complexity index is 663. The number of ether oxygens (including phenoxy) is 2. The van der Waals surface area contributed by atoms with Crippen LogP contribution in [0.25, 0.3) is 0 Å². The molecule has 1 aliphatic carbocycles. The molecule has 1 atom stereocenters. The summed E-state index contributed by atoms with van der Waals surface area (Å²) < 4.78 is 11.5. The molecule has 0 N–H and O–H groups in total. The average molecular weight is 393 g/mol. The molecule has 24 heavy (non-hydrogen) atoms. The van der Waals surface area contributed by atoms with Gasteiger partial charge in [-0.25, -0.2) is 0 Å². The van der Waals surface area contributed by atoms with E-state index in [4.69, 9.17) is 4.74 Å². The van der Waals surface area contributed by atoms with Crippen LogP contribution in [0.4, 0.5) is 0 Å². The molecule has 2 rings (SSSR count). The largest absolute Gasteiger partial charge is 0.485 e. The van der Waals surface area contributed by atoms with Crippen LogP contribution in [0, 0.1) is 0 Å². The molecular weight excluding hydrogens is 372 g/mol. The number of carbonyl (C=O) groups excluding carboxylic acids is 2. The van der Waals surface area contributed by atoms with Gasteiger partial charge in [0, 0.05) is 6.42 Å². The van der Waals surface area contributed by atoms with Crippen molar-refractivity contribution in [3.8, 4) is 5.75 Å². The van der Waals surface area contributed by atoms with E-state index in [2.05, 4.69) is 27.2 Å². The molecule has 4 nitrogen and oxygen atoms in total. The maximum absolute atomic E-state index is 11.9. The zero-order valence-electron chi connectivity index (χ0n) is 13.7. The van der Waals surface area contributed by atoms with Crippen molar-refractivity contribution in [2.24, 2.45) is 0 Å². The molecule has 1 aliphatic rings. The summed E-state index contributed by atoms with van der Waals surface area (Å²) in [6, 6.07) is 5.87. The normalized spacial score (nSPS) is 16.7. The molecule has 0 fully saturated rings. The lowest BCUT2D eigenvalue weighted by atomic mass is 10.1. The first-order valence-corrected chi connectivity index (χ1v) is 8.69. The molecule has 0 aliphatic heterocycles. The van der Waals surface area contributed by atoms with Crippen molar-refractivity contribution in [2.75, 3.05) is 7.11 Å². The molecule has 128 valence electrons. The van der Waals surface area contributed by atoms with E-state index >= 15 is 0 Å². The summed E-state index contributed by atoms with van der Waals surface area (Å²) in [6.07, 6.45) is 6.18. The van der Waals surface area contributed by atoms with Crippen LogP contribution in [0.1, 0.15) is 31.2 Å². The molecular formula is C19H21BrO4. The molecule has 1 aromatic carbocycles. The van der Waals surface area contributed by atoms with Crippen LogP contribution in [-0.2, 0) is 20.7 Å². The van der Waals surface area contributed by atoms with E-state index in [9.17, 15) is 9.59 Å². The second kappa shape index (κ2) is 8.83. The van der Waals surface area contributed by atoms with Crippen LogP contribution in [0.2, 0.25) is 0 Å². The van der Waals surface area contributed by atoms with Crippen LogP contribution in [0.3, 0.4) is 0 Å². The molecule has 0 spiro atoms. The number of halogens is 1. The number of rotatable bonds is 8. The number of allylic oxidation sites excluding steroid dienone is 2. The van der Waals surface area contributed by atoms with Crippen LogP contribution in [0.15, 0.2) is 47.0 Å². The minimum Gasteiger partial charge on any atom is -0.485 e. The van der Waals surface area contributed by atoms with Gasteiger partial charge in [-0.2, -0.15) is 0 Å². The lowest BCUT2D eigenvalue weighted by Gasteiger charge is -2.14. The topological polar surface area (TPSA) is 52.6 Å². The number of ketones is 1. The fraction of sp³-hybridized carbons (Fsp3) is 0.368. The molecule has 0 saturated carbocycles. The Kier molecular flexibility index (Phi) is 6.79. The second-order valence-corrected chi connectivity index (χ2v) is 6.52. The zero-order valence-corrected chi connectivity index (χ0v) is 15.3. The van der Waals surface area contributed by atoms with E-state index in [1.165, 1.54) is 7.11 Å². The number of esters is 1. The molecule has 0 radical (unpaired) electrons. The number of methoxy groups -OCH3 is 1. The number of aryl methyl sites for hydroxylation is 1. The third-order valence-electron chi connectivity index (χ3n) is 3.84. The molecule has 0 amide bonds. The zero-order chi connectivity index (χ0) is 17.5. The van der Waals surface area contributed by atoms with E-state index in [0.717, 1.165) is 28.5 Å². The average Bonchev–Trinajstić information content (AvgIpc) is 2.90. The number of hydrogen-bond donors (Lipinski definition) is 0. The van der Waals surface area contributed by atoms with Gasteiger partial charge in [0.15, 0.2) is 5.78 Å². The minimum atomic E-state index is -0.242. The van der Waals surface area contributed by atoms with E-state index in [0.29, 0.717) is 25.0 Å². The van der Waals surface area contributed by atoms with Gasteiger partial charge in [0.2, 0.25) is 0 Å². The summed E-state index contributed by atoms with van der Waals surface area (Å²) in [5, 5.41) is 0. The first-order valence-electron chi connectivity index (χ1n) is 7.90. The van der Waals surface area contributed by atoms with Crippen molar-refractivity contribution in [2.45, 2.75) is 38.2 Å². The second-order valence-electron chi connectivity index (χ2n) is 5.66. The van der Waals surface area contributed by atoms with Crippen molar-refractivity contribution >= 4 is 27.7 Å². The summed E-state index contributed by atoms with van der Waals surface area (Å²) in [7, 11) is 1.39. The Morgan fingerprint density at radius 2 is 2.25 bits per heavy atom. The first-order chi connectivity index (χ1) is 11.5. The third kappa shape index (κ3) is 5.06. The van der Waals surface area contributed by atoms with Crippen LogP contribution < -0.4 is 4.74 Å². The van der Waals surface area contributed by atoms with E-state index in [1.807, 2.05) is 24.3 Å². The highest BCUT2D eigenvalue weighted by Gasteiger charge is 2.25. The van der Waals surface area contributed by atoms with Crippen LogP contribution in [-0.4, -0.2) is 25.0 Å². The van der Waals surface area contributed by atoms with E-state index in [1.54, 1.807) is 6.08 Å². The van der Waals surface area contributed by atoms with Gasteiger partial charge in [0.25, 0.3) is 0 Å².